The van der Waals surface area contributed by atoms with E-state index in [0.29, 0.717) is 0 Å². The second kappa shape index (κ2) is 6.14. The molecule has 1 aromatic carbocycles. The molecule has 3 nitrogen and oxygen atoms in total. The lowest BCUT2D eigenvalue weighted by molar-refractivity contribution is 0.0145. The zero-order chi connectivity index (χ0) is 13.0. The van der Waals surface area contributed by atoms with Gasteiger partial charge in [-0.1, -0.05) is 0 Å². The summed E-state index contributed by atoms with van der Waals surface area (Å²) in [7, 11) is 1.20. The van der Waals surface area contributed by atoms with Crippen molar-refractivity contribution in [2.24, 2.45) is 0 Å². The lowest BCUT2D eigenvalue weighted by atomic mass is 10.0. The van der Waals surface area contributed by atoms with Gasteiger partial charge in [0.05, 0.1) is 13.2 Å². The lowest BCUT2D eigenvalue weighted by Crippen LogP contribution is -2.20. The summed E-state index contributed by atoms with van der Waals surface area (Å²) in [6, 6.07) is 2.35. The van der Waals surface area contributed by atoms with Crippen LogP contribution in [-0.2, 0) is 0 Å². The highest BCUT2D eigenvalue weighted by atomic mass is 35.5. The molecule has 0 fully saturated rings. The summed E-state index contributed by atoms with van der Waals surface area (Å²) in [6.07, 6.45) is -2.68. The van der Waals surface area contributed by atoms with Crippen LogP contribution in [0.1, 0.15) is 18.1 Å². The minimum Gasteiger partial charge on any atom is -0.494 e. The van der Waals surface area contributed by atoms with Crippen LogP contribution in [-0.4, -0.2) is 29.3 Å². The van der Waals surface area contributed by atoms with E-state index < -0.39 is 23.8 Å². The molecule has 0 amide bonds. The second-order valence-corrected chi connectivity index (χ2v) is 3.85. The van der Waals surface area contributed by atoms with Gasteiger partial charge in [0.15, 0.2) is 11.6 Å². The fraction of sp³-hybridized carbons (Fsp3) is 0.455. The van der Waals surface area contributed by atoms with E-state index in [-0.39, 0.29) is 23.6 Å². The Morgan fingerprint density at radius 1 is 1.29 bits per heavy atom. The largest absolute Gasteiger partial charge is 0.494 e. The lowest BCUT2D eigenvalue weighted by Gasteiger charge is -2.18. The minimum absolute atomic E-state index is 0.0792. The summed E-state index contributed by atoms with van der Waals surface area (Å²) in [4.78, 5) is 0. The SMILES string of the molecule is COc1ccc(C(O)C(O)CCCl)c(F)c1F. The summed E-state index contributed by atoms with van der Waals surface area (Å²) in [5.74, 6) is -2.57. The van der Waals surface area contributed by atoms with Crippen LogP contribution < -0.4 is 4.74 Å². The molecule has 0 aliphatic heterocycles. The Labute approximate surface area is 103 Å². The number of aliphatic hydroxyl groups excluding tert-OH is 2. The van der Waals surface area contributed by atoms with E-state index in [4.69, 9.17) is 11.6 Å². The van der Waals surface area contributed by atoms with E-state index in [0.717, 1.165) is 0 Å². The molecule has 96 valence electrons. The zero-order valence-corrected chi connectivity index (χ0v) is 9.92. The van der Waals surface area contributed by atoms with E-state index in [1.54, 1.807) is 0 Å². The van der Waals surface area contributed by atoms with Crippen molar-refractivity contribution < 1.29 is 23.7 Å². The van der Waals surface area contributed by atoms with Crippen LogP contribution in [0.25, 0.3) is 0 Å². The normalized spacial score (nSPS) is 14.5. The van der Waals surface area contributed by atoms with Crippen molar-refractivity contribution in [2.75, 3.05) is 13.0 Å². The highest BCUT2D eigenvalue weighted by Crippen LogP contribution is 2.28. The van der Waals surface area contributed by atoms with Crippen LogP contribution in [0.15, 0.2) is 12.1 Å². The molecule has 2 N–H and O–H groups in total. The third kappa shape index (κ3) is 3.06. The summed E-state index contributed by atoms with van der Waals surface area (Å²) >= 11 is 5.39. The van der Waals surface area contributed by atoms with Crippen molar-refractivity contribution in [1.82, 2.24) is 0 Å². The number of benzene rings is 1. The predicted octanol–water partition coefficient (Wildman–Crippen LogP) is 2.00. The molecule has 2 atom stereocenters. The minimum atomic E-state index is -1.52. The van der Waals surface area contributed by atoms with Gasteiger partial charge in [-0.2, -0.15) is 4.39 Å². The number of halogens is 3. The molecule has 6 heteroatoms. The van der Waals surface area contributed by atoms with Gasteiger partial charge in [-0.25, -0.2) is 4.39 Å². The molecule has 0 radical (unpaired) electrons. The van der Waals surface area contributed by atoms with Gasteiger partial charge in [0.25, 0.3) is 0 Å². The Morgan fingerprint density at radius 2 is 1.94 bits per heavy atom. The zero-order valence-electron chi connectivity index (χ0n) is 9.16. The molecule has 0 saturated carbocycles. The quantitative estimate of drug-likeness (QED) is 0.802. The third-order valence-electron chi connectivity index (χ3n) is 2.38. The molecule has 17 heavy (non-hydrogen) atoms. The maximum absolute atomic E-state index is 13.5. The van der Waals surface area contributed by atoms with Crippen LogP contribution in [0.5, 0.6) is 5.75 Å². The predicted molar refractivity (Wildman–Crippen MR) is 59.2 cm³/mol. The van der Waals surface area contributed by atoms with Gasteiger partial charge in [-0.3, -0.25) is 0 Å². The Balaban J connectivity index is 3.03. The fourth-order valence-electron chi connectivity index (χ4n) is 1.41. The first kappa shape index (κ1) is 14.2. The van der Waals surface area contributed by atoms with Crippen molar-refractivity contribution in [3.05, 3.63) is 29.3 Å². The summed E-state index contributed by atoms with van der Waals surface area (Å²) in [5.41, 5.74) is -0.319. The topological polar surface area (TPSA) is 49.7 Å². The molecular formula is C11H13ClF2O3. The van der Waals surface area contributed by atoms with Crippen molar-refractivity contribution >= 4 is 11.6 Å². The second-order valence-electron chi connectivity index (χ2n) is 3.47. The molecule has 0 aliphatic carbocycles. The number of aliphatic hydroxyl groups is 2. The van der Waals surface area contributed by atoms with E-state index in [1.807, 2.05) is 0 Å². The Morgan fingerprint density at radius 3 is 2.47 bits per heavy atom. The first-order valence-electron chi connectivity index (χ1n) is 4.96. The maximum atomic E-state index is 13.5. The number of hydrogen-bond donors (Lipinski definition) is 2. The van der Waals surface area contributed by atoms with Crippen molar-refractivity contribution in [2.45, 2.75) is 18.6 Å². The van der Waals surface area contributed by atoms with Gasteiger partial charge in [0.1, 0.15) is 6.10 Å². The monoisotopic (exact) mass is 266 g/mol. The van der Waals surface area contributed by atoms with E-state index >= 15 is 0 Å². The van der Waals surface area contributed by atoms with Gasteiger partial charge >= 0.3 is 0 Å². The van der Waals surface area contributed by atoms with Gasteiger partial charge in [0.2, 0.25) is 5.82 Å². The molecule has 0 aliphatic rings. The number of alkyl halides is 1. The highest BCUT2D eigenvalue weighted by Gasteiger charge is 2.24. The number of methoxy groups -OCH3 is 1. The Hall–Kier alpha value is -0.910. The van der Waals surface area contributed by atoms with Gasteiger partial charge < -0.3 is 14.9 Å². The molecule has 0 aromatic heterocycles. The molecular weight excluding hydrogens is 254 g/mol. The Kier molecular flexibility index (Phi) is 5.11. The molecule has 2 unspecified atom stereocenters. The number of rotatable bonds is 5. The Bertz CT molecular complexity index is 387. The molecule has 1 rings (SSSR count). The van der Waals surface area contributed by atoms with Crippen molar-refractivity contribution in [1.29, 1.82) is 0 Å². The highest BCUT2D eigenvalue weighted by molar-refractivity contribution is 6.17. The molecule has 0 spiro atoms. The summed E-state index contributed by atoms with van der Waals surface area (Å²) in [5, 5.41) is 19.1. The van der Waals surface area contributed by atoms with E-state index in [9.17, 15) is 19.0 Å². The maximum Gasteiger partial charge on any atom is 0.200 e. The average molecular weight is 267 g/mol. The molecule has 0 bridgehead atoms. The summed E-state index contributed by atoms with van der Waals surface area (Å²) < 4.78 is 31.5. The molecule has 0 heterocycles. The van der Waals surface area contributed by atoms with E-state index in [1.165, 1.54) is 19.2 Å². The first-order valence-corrected chi connectivity index (χ1v) is 5.50. The molecule has 0 saturated heterocycles. The third-order valence-corrected chi connectivity index (χ3v) is 2.60. The molecule has 1 aromatic rings. The van der Waals surface area contributed by atoms with Crippen LogP contribution in [0.2, 0.25) is 0 Å². The van der Waals surface area contributed by atoms with Gasteiger partial charge in [-0.05, 0) is 18.6 Å². The number of hydrogen-bond acceptors (Lipinski definition) is 3. The van der Waals surface area contributed by atoms with Crippen LogP contribution in [0.4, 0.5) is 8.78 Å². The smallest absolute Gasteiger partial charge is 0.200 e. The van der Waals surface area contributed by atoms with Crippen LogP contribution in [0, 0.1) is 11.6 Å². The standard InChI is InChI=1S/C11H13ClF2O3/c1-17-8-3-2-6(9(13)10(8)14)11(16)7(15)4-5-12/h2-3,7,11,15-16H,4-5H2,1H3. The van der Waals surface area contributed by atoms with Crippen LogP contribution >= 0.6 is 11.6 Å². The first-order chi connectivity index (χ1) is 8.02. The number of ether oxygens (including phenoxy) is 1. The van der Waals surface area contributed by atoms with E-state index in [2.05, 4.69) is 4.74 Å². The van der Waals surface area contributed by atoms with Gasteiger partial charge in [0, 0.05) is 11.4 Å². The average Bonchev–Trinajstić information content (AvgIpc) is 2.32. The van der Waals surface area contributed by atoms with Crippen molar-refractivity contribution in [3.8, 4) is 5.75 Å². The van der Waals surface area contributed by atoms with Crippen molar-refractivity contribution in [3.63, 3.8) is 0 Å². The van der Waals surface area contributed by atoms with Crippen LogP contribution in [0.3, 0.4) is 0 Å². The van der Waals surface area contributed by atoms with Gasteiger partial charge in [-0.15, -0.1) is 11.6 Å². The summed E-state index contributed by atoms with van der Waals surface area (Å²) in [6.45, 7) is 0. The fourth-order valence-corrected chi connectivity index (χ4v) is 1.63.